The van der Waals surface area contributed by atoms with Gasteiger partial charge in [0, 0.05) is 13.5 Å². The summed E-state index contributed by atoms with van der Waals surface area (Å²) >= 11 is 0. The molecule has 3 N–H and O–H groups in total. The quantitative estimate of drug-likeness (QED) is 0.411. The minimum atomic E-state index is -0.605. The minimum Gasteiger partial charge on any atom is -0.388 e. The number of aliphatic hydroxyl groups is 1. The SMILES string of the molecule is COCC(O)COCCOCCOCCC(N)=O. The molecule has 108 valence electrons. The van der Waals surface area contributed by atoms with Crippen molar-refractivity contribution in [2.24, 2.45) is 5.73 Å². The van der Waals surface area contributed by atoms with E-state index >= 15 is 0 Å². The number of primary amides is 1. The molecular weight excluding hydrogens is 242 g/mol. The summed E-state index contributed by atoms with van der Waals surface area (Å²) in [5, 5.41) is 9.25. The number of amides is 1. The maximum Gasteiger partial charge on any atom is 0.219 e. The van der Waals surface area contributed by atoms with Crippen LogP contribution >= 0.6 is 0 Å². The van der Waals surface area contributed by atoms with Gasteiger partial charge in [0.05, 0.1) is 46.2 Å². The number of carbonyl (C=O) groups excluding carboxylic acids is 1. The number of methoxy groups -OCH3 is 1. The molecular formula is C11H23NO6. The fourth-order valence-corrected chi connectivity index (χ4v) is 1.07. The second kappa shape index (κ2) is 12.7. The third-order valence-electron chi connectivity index (χ3n) is 1.91. The molecule has 0 aromatic heterocycles. The summed E-state index contributed by atoms with van der Waals surface area (Å²) in [5.41, 5.74) is 4.94. The van der Waals surface area contributed by atoms with E-state index in [0.29, 0.717) is 33.0 Å². The predicted octanol–water partition coefficient (Wildman–Crippen LogP) is -1.08. The Bertz CT molecular complexity index is 202. The first-order valence-corrected chi connectivity index (χ1v) is 5.85. The van der Waals surface area contributed by atoms with Crippen molar-refractivity contribution in [3.05, 3.63) is 0 Å². The van der Waals surface area contributed by atoms with Crippen LogP contribution in [-0.4, -0.2) is 70.5 Å². The molecule has 7 heteroatoms. The van der Waals surface area contributed by atoms with Crippen LogP contribution in [0.1, 0.15) is 6.42 Å². The maximum absolute atomic E-state index is 10.4. The first kappa shape index (κ1) is 17.3. The van der Waals surface area contributed by atoms with Crippen molar-refractivity contribution in [2.75, 3.05) is 53.4 Å². The Hall–Kier alpha value is -0.730. The largest absolute Gasteiger partial charge is 0.388 e. The summed E-state index contributed by atoms with van der Waals surface area (Å²) < 4.78 is 20.2. The molecule has 0 saturated heterocycles. The molecule has 1 unspecified atom stereocenters. The molecule has 0 radical (unpaired) electrons. The van der Waals surface area contributed by atoms with Gasteiger partial charge in [-0.25, -0.2) is 0 Å². The third kappa shape index (κ3) is 13.3. The summed E-state index contributed by atoms with van der Waals surface area (Å²) in [6.07, 6.45) is -0.382. The van der Waals surface area contributed by atoms with Gasteiger partial charge < -0.3 is 29.8 Å². The van der Waals surface area contributed by atoms with Crippen molar-refractivity contribution in [1.29, 1.82) is 0 Å². The Balaban J connectivity index is 3.05. The van der Waals surface area contributed by atoms with E-state index in [0.717, 1.165) is 0 Å². The predicted molar refractivity (Wildman–Crippen MR) is 64.2 cm³/mol. The van der Waals surface area contributed by atoms with Crippen molar-refractivity contribution in [3.8, 4) is 0 Å². The molecule has 0 aliphatic rings. The monoisotopic (exact) mass is 265 g/mol. The van der Waals surface area contributed by atoms with Gasteiger partial charge in [0.15, 0.2) is 0 Å². The topological polar surface area (TPSA) is 100 Å². The summed E-state index contributed by atoms with van der Waals surface area (Å²) in [4.78, 5) is 10.4. The highest BCUT2D eigenvalue weighted by atomic mass is 16.5. The molecule has 0 fully saturated rings. The lowest BCUT2D eigenvalue weighted by atomic mass is 10.4. The molecule has 0 spiro atoms. The fraction of sp³-hybridized carbons (Fsp3) is 0.909. The zero-order chi connectivity index (χ0) is 13.6. The summed E-state index contributed by atoms with van der Waals surface area (Å²) in [6.45, 7) is 2.49. The van der Waals surface area contributed by atoms with Crippen LogP contribution in [0.4, 0.5) is 0 Å². The first-order valence-electron chi connectivity index (χ1n) is 5.85. The van der Waals surface area contributed by atoms with Gasteiger partial charge in [0.2, 0.25) is 5.91 Å². The van der Waals surface area contributed by atoms with Gasteiger partial charge in [-0.05, 0) is 0 Å². The van der Waals surface area contributed by atoms with E-state index in [1.807, 2.05) is 0 Å². The number of nitrogens with two attached hydrogens (primary N) is 1. The van der Waals surface area contributed by atoms with Crippen LogP contribution < -0.4 is 5.73 Å². The average molecular weight is 265 g/mol. The molecule has 1 amide bonds. The van der Waals surface area contributed by atoms with Gasteiger partial charge in [-0.3, -0.25) is 4.79 Å². The molecule has 0 bridgehead atoms. The molecule has 0 aliphatic carbocycles. The van der Waals surface area contributed by atoms with Crippen LogP contribution in [-0.2, 0) is 23.7 Å². The van der Waals surface area contributed by atoms with E-state index in [9.17, 15) is 9.90 Å². The van der Waals surface area contributed by atoms with Gasteiger partial charge in [0.25, 0.3) is 0 Å². The second-order valence-corrected chi connectivity index (χ2v) is 3.63. The van der Waals surface area contributed by atoms with Gasteiger partial charge in [0.1, 0.15) is 6.10 Å². The van der Waals surface area contributed by atoms with E-state index in [-0.39, 0.29) is 25.5 Å². The van der Waals surface area contributed by atoms with Crippen LogP contribution in [0.5, 0.6) is 0 Å². The van der Waals surface area contributed by atoms with Crippen LogP contribution in [0, 0.1) is 0 Å². The highest BCUT2D eigenvalue weighted by Crippen LogP contribution is 1.87. The van der Waals surface area contributed by atoms with E-state index in [4.69, 9.17) is 24.7 Å². The second-order valence-electron chi connectivity index (χ2n) is 3.63. The molecule has 0 saturated carbocycles. The summed E-state index contributed by atoms with van der Waals surface area (Å²) in [7, 11) is 1.52. The van der Waals surface area contributed by atoms with E-state index < -0.39 is 6.10 Å². The lowest BCUT2D eigenvalue weighted by molar-refractivity contribution is -0.119. The molecule has 1 atom stereocenters. The highest BCUT2D eigenvalue weighted by molar-refractivity contribution is 5.73. The highest BCUT2D eigenvalue weighted by Gasteiger charge is 2.02. The Morgan fingerprint density at radius 1 is 1.06 bits per heavy atom. The average Bonchev–Trinajstić information content (AvgIpc) is 2.31. The number of hydrogen-bond acceptors (Lipinski definition) is 6. The normalized spacial score (nSPS) is 12.6. The summed E-state index contributed by atoms with van der Waals surface area (Å²) in [5.74, 6) is -0.376. The van der Waals surface area contributed by atoms with Crippen molar-refractivity contribution >= 4 is 5.91 Å². The van der Waals surface area contributed by atoms with Gasteiger partial charge >= 0.3 is 0 Å². The lowest BCUT2D eigenvalue weighted by Crippen LogP contribution is -2.22. The van der Waals surface area contributed by atoms with Crippen LogP contribution in [0.2, 0.25) is 0 Å². The molecule has 0 aromatic carbocycles. The molecule has 0 aliphatic heterocycles. The molecule has 0 heterocycles. The Kier molecular flexibility index (Phi) is 12.2. The van der Waals surface area contributed by atoms with Crippen molar-refractivity contribution < 1.29 is 28.8 Å². The fourth-order valence-electron chi connectivity index (χ4n) is 1.07. The summed E-state index contributed by atoms with van der Waals surface area (Å²) in [6, 6.07) is 0. The number of carbonyl (C=O) groups is 1. The number of hydrogen-bond donors (Lipinski definition) is 2. The Morgan fingerprint density at radius 3 is 2.17 bits per heavy atom. The smallest absolute Gasteiger partial charge is 0.219 e. The van der Waals surface area contributed by atoms with Gasteiger partial charge in [-0.1, -0.05) is 0 Å². The lowest BCUT2D eigenvalue weighted by Gasteiger charge is -2.10. The third-order valence-corrected chi connectivity index (χ3v) is 1.91. The van der Waals surface area contributed by atoms with Crippen molar-refractivity contribution in [1.82, 2.24) is 0 Å². The Morgan fingerprint density at radius 2 is 1.61 bits per heavy atom. The molecule has 0 rings (SSSR count). The van der Waals surface area contributed by atoms with E-state index in [2.05, 4.69) is 0 Å². The van der Waals surface area contributed by atoms with Crippen molar-refractivity contribution in [3.63, 3.8) is 0 Å². The van der Waals surface area contributed by atoms with Crippen molar-refractivity contribution in [2.45, 2.75) is 12.5 Å². The van der Waals surface area contributed by atoms with Crippen LogP contribution in [0.25, 0.3) is 0 Å². The van der Waals surface area contributed by atoms with E-state index in [1.165, 1.54) is 7.11 Å². The standard InChI is InChI=1S/C11H23NO6/c1-15-8-10(13)9-18-7-6-17-5-4-16-3-2-11(12)14/h10,13H,2-9H2,1H3,(H2,12,14). The maximum atomic E-state index is 10.4. The van der Waals surface area contributed by atoms with E-state index in [1.54, 1.807) is 0 Å². The molecule has 7 nitrogen and oxygen atoms in total. The number of ether oxygens (including phenoxy) is 4. The zero-order valence-electron chi connectivity index (χ0n) is 10.8. The van der Waals surface area contributed by atoms with Gasteiger partial charge in [-0.15, -0.1) is 0 Å². The van der Waals surface area contributed by atoms with Crippen LogP contribution in [0.3, 0.4) is 0 Å². The van der Waals surface area contributed by atoms with Crippen LogP contribution in [0.15, 0.2) is 0 Å². The number of aliphatic hydroxyl groups excluding tert-OH is 1. The number of rotatable bonds is 13. The van der Waals surface area contributed by atoms with Gasteiger partial charge in [-0.2, -0.15) is 0 Å². The first-order chi connectivity index (χ1) is 8.66. The minimum absolute atomic E-state index is 0.223. The molecule has 0 aromatic rings. The molecule has 18 heavy (non-hydrogen) atoms. The Labute approximate surface area is 107 Å². The zero-order valence-corrected chi connectivity index (χ0v) is 10.8.